The molecule has 4 rings (SSSR count). The Kier molecular flexibility index (Phi) is 6.23. The molecule has 2 aromatic heterocycles. The first-order chi connectivity index (χ1) is 15.0. The van der Waals surface area contributed by atoms with E-state index in [9.17, 15) is 4.79 Å². The highest BCUT2D eigenvalue weighted by Gasteiger charge is 2.19. The highest BCUT2D eigenvalue weighted by Crippen LogP contribution is 2.28. The molecule has 6 nitrogen and oxygen atoms in total. The molecule has 2 heterocycles. The molecular formula is C22H18N4O2S3. The average Bonchev–Trinajstić information content (AvgIpc) is 3.10. The van der Waals surface area contributed by atoms with Gasteiger partial charge in [-0.1, -0.05) is 41.3 Å². The fourth-order valence-corrected chi connectivity index (χ4v) is 5.20. The molecule has 0 aliphatic rings. The van der Waals surface area contributed by atoms with Crippen LogP contribution >= 0.6 is 35.3 Å². The van der Waals surface area contributed by atoms with Crippen LogP contribution in [0.1, 0.15) is 12.5 Å². The summed E-state index contributed by atoms with van der Waals surface area (Å²) in [6.45, 7) is 4.47. The van der Waals surface area contributed by atoms with E-state index < -0.39 is 0 Å². The second kappa shape index (κ2) is 9.06. The summed E-state index contributed by atoms with van der Waals surface area (Å²) in [6, 6.07) is 17.2. The third kappa shape index (κ3) is 4.02. The van der Waals surface area contributed by atoms with E-state index >= 15 is 0 Å². The summed E-state index contributed by atoms with van der Waals surface area (Å²) in [5.41, 5.74) is 2.88. The molecule has 0 amide bonds. The number of hydrogen-bond donors (Lipinski definition) is 0. The van der Waals surface area contributed by atoms with E-state index in [0.717, 1.165) is 17.0 Å². The van der Waals surface area contributed by atoms with Gasteiger partial charge in [-0.2, -0.15) is 5.26 Å². The minimum absolute atomic E-state index is 0.171. The number of hydrogen-bond acceptors (Lipinski definition) is 7. The van der Waals surface area contributed by atoms with E-state index in [1.54, 1.807) is 0 Å². The van der Waals surface area contributed by atoms with Gasteiger partial charge in [0, 0.05) is 0 Å². The molecule has 0 saturated heterocycles. The van der Waals surface area contributed by atoms with Crippen molar-refractivity contribution in [1.82, 2.24) is 14.1 Å². The number of aryl methyl sites for hydroxylation is 1. The van der Waals surface area contributed by atoms with Gasteiger partial charge >= 0.3 is 0 Å². The number of ether oxygens (including phenoxy) is 1. The summed E-state index contributed by atoms with van der Waals surface area (Å²) in [5, 5.41) is 9.56. The van der Waals surface area contributed by atoms with Crippen LogP contribution in [-0.4, -0.2) is 26.5 Å². The average molecular weight is 467 g/mol. The van der Waals surface area contributed by atoms with Crippen molar-refractivity contribution in [2.75, 3.05) is 12.4 Å². The zero-order valence-electron chi connectivity index (χ0n) is 16.9. The largest absolute Gasteiger partial charge is 0.494 e. The van der Waals surface area contributed by atoms with E-state index in [-0.39, 0.29) is 11.3 Å². The summed E-state index contributed by atoms with van der Waals surface area (Å²) in [4.78, 5) is 18.3. The topological polar surface area (TPSA) is 72.8 Å². The first-order valence-corrected chi connectivity index (χ1v) is 11.7. The van der Waals surface area contributed by atoms with Crippen LogP contribution in [0.4, 0.5) is 0 Å². The van der Waals surface area contributed by atoms with Crippen LogP contribution in [0.3, 0.4) is 0 Å². The molecule has 0 fully saturated rings. The fraction of sp³-hybridized carbons (Fsp3) is 0.182. The maximum absolute atomic E-state index is 13.6. The lowest BCUT2D eigenvalue weighted by Crippen LogP contribution is -2.21. The van der Waals surface area contributed by atoms with Crippen LogP contribution < -0.4 is 10.3 Å². The lowest BCUT2D eigenvalue weighted by molar-refractivity contribution is 0.340. The number of nitrogens with zero attached hydrogens (tertiary/aromatic N) is 4. The standard InChI is InChI=1S/C22H18N4O2S3/c1-3-28-16-10-8-15(9-11-16)25-20(27)18-19(24-21(25)30-13-12-23)26(22(29)31-18)17-7-5-4-6-14(17)2/h4-11H,3,13H2,1-2H3. The van der Waals surface area contributed by atoms with E-state index in [1.807, 2.05) is 66.9 Å². The van der Waals surface area contributed by atoms with Crippen LogP contribution in [-0.2, 0) is 0 Å². The SMILES string of the molecule is CCOc1ccc(-n2c(SCC#N)nc3c(sc(=S)n3-c3ccccc3C)c2=O)cc1. The van der Waals surface area contributed by atoms with Crippen molar-refractivity contribution < 1.29 is 4.74 Å². The monoisotopic (exact) mass is 466 g/mol. The van der Waals surface area contributed by atoms with Gasteiger partial charge in [0.2, 0.25) is 0 Å². The van der Waals surface area contributed by atoms with Crippen molar-refractivity contribution in [3.8, 4) is 23.2 Å². The van der Waals surface area contributed by atoms with Crippen LogP contribution in [0.5, 0.6) is 5.75 Å². The van der Waals surface area contributed by atoms with E-state index in [4.69, 9.17) is 27.2 Å². The van der Waals surface area contributed by atoms with Crippen molar-refractivity contribution in [3.63, 3.8) is 0 Å². The Balaban J connectivity index is 1.99. The number of rotatable bonds is 6. The molecule has 4 aromatic rings. The van der Waals surface area contributed by atoms with Crippen LogP contribution in [0.15, 0.2) is 58.5 Å². The maximum Gasteiger partial charge on any atom is 0.278 e. The molecule has 0 bridgehead atoms. The number of para-hydroxylation sites is 1. The molecule has 2 aromatic carbocycles. The second-order valence-corrected chi connectivity index (χ2v) is 9.14. The van der Waals surface area contributed by atoms with Gasteiger partial charge in [0.05, 0.1) is 29.8 Å². The number of nitriles is 1. The fourth-order valence-electron chi connectivity index (χ4n) is 3.24. The molecule has 0 aliphatic carbocycles. The molecular weight excluding hydrogens is 448 g/mol. The minimum Gasteiger partial charge on any atom is -0.494 e. The molecule has 0 radical (unpaired) electrons. The highest BCUT2D eigenvalue weighted by atomic mass is 32.2. The van der Waals surface area contributed by atoms with Gasteiger partial charge in [-0.3, -0.25) is 13.9 Å². The number of thiazole rings is 1. The molecule has 31 heavy (non-hydrogen) atoms. The zero-order valence-corrected chi connectivity index (χ0v) is 19.3. The number of thioether (sulfide) groups is 1. The predicted octanol–water partition coefficient (Wildman–Crippen LogP) is 5.29. The Morgan fingerprint density at radius 1 is 1.19 bits per heavy atom. The molecule has 156 valence electrons. The number of fused-ring (bicyclic) bond motifs is 1. The van der Waals surface area contributed by atoms with Gasteiger partial charge in [0.25, 0.3) is 5.56 Å². The quantitative estimate of drug-likeness (QED) is 0.218. The Morgan fingerprint density at radius 2 is 1.94 bits per heavy atom. The Bertz CT molecular complexity index is 1410. The summed E-state index contributed by atoms with van der Waals surface area (Å²) in [7, 11) is 0. The Morgan fingerprint density at radius 3 is 2.61 bits per heavy atom. The van der Waals surface area contributed by atoms with Gasteiger partial charge in [-0.05, 0) is 62.0 Å². The third-order valence-corrected chi connectivity index (χ3v) is 6.76. The van der Waals surface area contributed by atoms with Gasteiger partial charge in [0.15, 0.2) is 14.8 Å². The normalized spacial score (nSPS) is 10.9. The van der Waals surface area contributed by atoms with Crippen LogP contribution in [0, 0.1) is 22.2 Å². The summed E-state index contributed by atoms with van der Waals surface area (Å²) in [6.07, 6.45) is 0. The van der Waals surface area contributed by atoms with Crippen molar-refractivity contribution >= 4 is 45.7 Å². The van der Waals surface area contributed by atoms with E-state index in [2.05, 4.69) is 6.07 Å². The number of benzene rings is 2. The van der Waals surface area contributed by atoms with Gasteiger partial charge in [-0.25, -0.2) is 4.98 Å². The lowest BCUT2D eigenvalue weighted by Gasteiger charge is -2.13. The molecule has 0 spiro atoms. The van der Waals surface area contributed by atoms with Crippen molar-refractivity contribution in [3.05, 3.63) is 68.4 Å². The summed E-state index contributed by atoms with van der Waals surface area (Å²) in [5.74, 6) is 0.894. The highest BCUT2D eigenvalue weighted by molar-refractivity contribution is 7.99. The van der Waals surface area contributed by atoms with Gasteiger partial charge < -0.3 is 4.74 Å². The van der Waals surface area contributed by atoms with E-state index in [0.29, 0.717) is 31.8 Å². The smallest absolute Gasteiger partial charge is 0.278 e. The van der Waals surface area contributed by atoms with Gasteiger partial charge in [-0.15, -0.1) is 0 Å². The Labute approximate surface area is 192 Å². The second-order valence-electron chi connectivity index (χ2n) is 6.55. The minimum atomic E-state index is -0.210. The number of aromatic nitrogens is 3. The predicted molar refractivity (Wildman–Crippen MR) is 128 cm³/mol. The summed E-state index contributed by atoms with van der Waals surface area (Å²) >= 11 is 8.07. The maximum atomic E-state index is 13.6. The molecule has 0 aliphatic heterocycles. The summed E-state index contributed by atoms with van der Waals surface area (Å²) < 4.78 is 9.90. The third-order valence-electron chi connectivity index (χ3n) is 4.61. The van der Waals surface area contributed by atoms with Crippen molar-refractivity contribution in [1.29, 1.82) is 5.26 Å². The molecule has 9 heteroatoms. The molecule has 0 N–H and O–H groups in total. The van der Waals surface area contributed by atoms with Crippen LogP contribution in [0.2, 0.25) is 0 Å². The molecule has 0 unspecified atom stereocenters. The lowest BCUT2D eigenvalue weighted by atomic mass is 10.2. The van der Waals surface area contributed by atoms with Crippen molar-refractivity contribution in [2.45, 2.75) is 19.0 Å². The van der Waals surface area contributed by atoms with Crippen LogP contribution in [0.25, 0.3) is 21.7 Å². The van der Waals surface area contributed by atoms with Gasteiger partial charge in [0.1, 0.15) is 10.4 Å². The Hall–Kier alpha value is -2.93. The van der Waals surface area contributed by atoms with E-state index in [1.165, 1.54) is 27.7 Å². The zero-order chi connectivity index (χ0) is 22.0. The van der Waals surface area contributed by atoms with Crippen molar-refractivity contribution in [2.24, 2.45) is 0 Å². The first-order valence-electron chi connectivity index (χ1n) is 9.52. The first kappa shape index (κ1) is 21.3. The molecule has 0 saturated carbocycles. The molecule has 0 atom stereocenters.